The largest absolute Gasteiger partial charge is 0.508 e. The smallest absolute Gasteiger partial charge is 0.410 e. The molecule has 2 N–H and O–H groups in total. The van der Waals surface area contributed by atoms with Crippen LogP contribution in [0, 0.1) is 0 Å². The number of phenolic OH excluding ortho intramolecular Hbond substituents is 1. The molecule has 2 aromatic rings. The van der Waals surface area contributed by atoms with Crippen molar-refractivity contribution in [3.63, 3.8) is 0 Å². The number of benzene rings is 1. The molecular weight excluding hydrogens is 334 g/mol. The van der Waals surface area contributed by atoms with Gasteiger partial charge in [-0.1, -0.05) is 0 Å². The van der Waals surface area contributed by atoms with Crippen LogP contribution in [0.15, 0.2) is 24.3 Å². The number of rotatable bonds is 3. The van der Waals surface area contributed by atoms with Gasteiger partial charge in [0.25, 0.3) is 0 Å². The fourth-order valence-electron chi connectivity index (χ4n) is 2.73. The first-order chi connectivity index (χ1) is 12.3. The van der Waals surface area contributed by atoms with Crippen LogP contribution in [0.3, 0.4) is 0 Å². The van der Waals surface area contributed by atoms with Gasteiger partial charge in [-0.2, -0.15) is 5.10 Å². The summed E-state index contributed by atoms with van der Waals surface area (Å²) in [4.78, 5) is 20.6. The Balaban J connectivity index is 1.52. The Hall–Kier alpha value is -2.61. The number of aromatic amines is 1. The Kier molecular flexibility index (Phi) is 5.13. The van der Waals surface area contributed by atoms with Crippen LogP contribution < -0.4 is 0 Å². The number of aromatic nitrogens is 3. The molecule has 0 spiro atoms. The van der Waals surface area contributed by atoms with Gasteiger partial charge in [0.1, 0.15) is 17.2 Å². The monoisotopic (exact) mass is 359 g/mol. The van der Waals surface area contributed by atoms with Crippen molar-refractivity contribution >= 4 is 6.09 Å². The van der Waals surface area contributed by atoms with Gasteiger partial charge in [0.15, 0.2) is 5.82 Å². The molecule has 0 radical (unpaired) electrons. The van der Waals surface area contributed by atoms with Crippen molar-refractivity contribution in [3.05, 3.63) is 30.1 Å². The molecule has 2 heterocycles. The van der Waals surface area contributed by atoms with Crippen molar-refractivity contribution in [1.29, 1.82) is 0 Å². The quantitative estimate of drug-likeness (QED) is 0.873. The summed E-state index contributed by atoms with van der Waals surface area (Å²) in [6.45, 7) is 9.04. The Morgan fingerprint density at radius 1 is 1.19 bits per heavy atom. The van der Waals surface area contributed by atoms with E-state index in [2.05, 4.69) is 20.1 Å². The van der Waals surface area contributed by atoms with E-state index in [0.29, 0.717) is 25.5 Å². The third kappa shape index (κ3) is 4.72. The number of H-pyrrole nitrogens is 1. The number of carbonyl (C=O) groups is 1. The summed E-state index contributed by atoms with van der Waals surface area (Å²) in [5.74, 6) is 1.60. The first-order valence-electron chi connectivity index (χ1n) is 8.71. The van der Waals surface area contributed by atoms with E-state index in [9.17, 15) is 9.90 Å². The summed E-state index contributed by atoms with van der Waals surface area (Å²) in [6.07, 6.45) is -0.258. The normalized spacial score (nSPS) is 15.9. The topological polar surface area (TPSA) is 94.6 Å². The second-order valence-electron chi connectivity index (χ2n) is 7.40. The van der Waals surface area contributed by atoms with Gasteiger partial charge in [0.05, 0.1) is 6.54 Å². The van der Waals surface area contributed by atoms with Gasteiger partial charge in [-0.3, -0.25) is 10.00 Å². The third-order valence-electron chi connectivity index (χ3n) is 4.05. The molecule has 1 aliphatic heterocycles. The molecule has 3 rings (SSSR count). The molecular formula is C18H25N5O3. The highest BCUT2D eigenvalue weighted by molar-refractivity contribution is 5.68. The number of amides is 1. The van der Waals surface area contributed by atoms with Gasteiger partial charge in [0.2, 0.25) is 0 Å². The molecule has 0 saturated carbocycles. The second-order valence-corrected chi connectivity index (χ2v) is 7.40. The standard InChI is InChI=1S/C18H25N5O3/c1-18(2,3)26-17(25)23-10-8-22(9-11-23)12-15-19-16(21-20-15)13-4-6-14(24)7-5-13/h4-7,24H,8-12H2,1-3H3,(H,19,20,21). The molecule has 1 fully saturated rings. The average molecular weight is 359 g/mol. The Labute approximate surface area is 152 Å². The molecule has 26 heavy (non-hydrogen) atoms. The molecule has 0 aliphatic carbocycles. The van der Waals surface area contributed by atoms with Crippen LogP contribution in [-0.4, -0.2) is 68.0 Å². The predicted molar refractivity (Wildman–Crippen MR) is 96.6 cm³/mol. The van der Waals surface area contributed by atoms with Crippen molar-refractivity contribution in [2.24, 2.45) is 0 Å². The van der Waals surface area contributed by atoms with Gasteiger partial charge in [-0.05, 0) is 45.0 Å². The lowest BCUT2D eigenvalue weighted by Gasteiger charge is -2.35. The zero-order valence-corrected chi connectivity index (χ0v) is 15.4. The number of hydrogen-bond donors (Lipinski definition) is 2. The van der Waals surface area contributed by atoms with Crippen LogP contribution in [0.5, 0.6) is 5.75 Å². The van der Waals surface area contributed by atoms with Gasteiger partial charge < -0.3 is 14.7 Å². The van der Waals surface area contributed by atoms with Crippen LogP contribution in [0.4, 0.5) is 4.79 Å². The number of piperazine rings is 1. The molecule has 1 saturated heterocycles. The molecule has 0 atom stereocenters. The van der Waals surface area contributed by atoms with Gasteiger partial charge >= 0.3 is 6.09 Å². The van der Waals surface area contributed by atoms with Crippen molar-refractivity contribution in [3.8, 4) is 17.1 Å². The summed E-state index contributed by atoms with van der Waals surface area (Å²) in [5.41, 5.74) is 0.374. The molecule has 0 unspecified atom stereocenters. The number of phenols is 1. The molecule has 0 bridgehead atoms. The van der Waals surface area contributed by atoms with Crippen molar-refractivity contribution in [1.82, 2.24) is 25.0 Å². The van der Waals surface area contributed by atoms with Gasteiger partial charge in [0, 0.05) is 31.7 Å². The Bertz CT molecular complexity index is 743. The SMILES string of the molecule is CC(C)(C)OC(=O)N1CCN(Cc2nc(-c3ccc(O)cc3)n[nH]2)CC1. The number of hydrogen-bond acceptors (Lipinski definition) is 6. The third-order valence-corrected chi connectivity index (χ3v) is 4.05. The fourth-order valence-corrected chi connectivity index (χ4v) is 2.73. The van der Waals surface area contributed by atoms with Crippen LogP contribution in [-0.2, 0) is 11.3 Å². The molecule has 1 amide bonds. The van der Waals surface area contributed by atoms with E-state index < -0.39 is 5.60 Å². The summed E-state index contributed by atoms with van der Waals surface area (Å²) < 4.78 is 5.41. The lowest BCUT2D eigenvalue weighted by molar-refractivity contribution is 0.0137. The minimum Gasteiger partial charge on any atom is -0.508 e. The van der Waals surface area contributed by atoms with Crippen LogP contribution >= 0.6 is 0 Å². The lowest BCUT2D eigenvalue weighted by Crippen LogP contribution is -2.49. The highest BCUT2D eigenvalue weighted by Gasteiger charge is 2.26. The Morgan fingerprint density at radius 3 is 2.46 bits per heavy atom. The molecule has 8 heteroatoms. The highest BCUT2D eigenvalue weighted by Crippen LogP contribution is 2.19. The number of ether oxygens (including phenoxy) is 1. The van der Waals surface area contributed by atoms with E-state index in [4.69, 9.17) is 4.74 Å². The van der Waals surface area contributed by atoms with Crippen LogP contribution in [0.25, 0.3) is 11.4 Å². The van der Waals surface area contributed by atoms with E-state index in [1.54, 1.807) is 29.2 Å². The first-order valence-corrected chi connectivity index (χ1v) is 8.71. The Morgan fingerprint density at radius 2 is 1.85 bits per heavy atom. The van der Waals surface area contributed by atoms with E-state index in [-0.39, 0.29) is 11.8 Å². The maximum absolute atomic E-state index is 12.1. The predicted octanol–water partition coefficient (Wildman–Crippen LogP) is 2.23. The average Bonchev–Trinajstić information content (AvgIpc) is 3.03. The van der Waals surface area contributed by atoms with Crippen molar-refractivity contribution in [2.75, 3.05) is 26.2 Å². The number of nitrogens with one attached hydrogen (secondary N) is 1. The van der Waals surface area contributed by atoms with E-state index >= 15 is 0 Å². The van der Waals surface area contributed by atoms with Gasteiger partial charge in [-0.15, -0.1) is 0 Å². The molecule has 1 aromatic carbocycles. The van der Waals surface area contributed by atoms with Crippen molar-refractivity contribution in [2.45, 2.75) is 32.9 Å². The van der Waals surface area contributed by atoms with E-state index in [1.807, 2.05) is 20.8 Å². The summed E-state index contributed by atoms with van der Waals surface area (Å²) in [5, 5.41) is 16.6. The fraction of sp³-hybridized carbons (Fsp3) is 0.500. The number of aromatic hydroxyl groups is 1. The first kappa shape index (κ1) is 18.2. The molecule has 8 nitrogen and oxygen atoms in total. The molecule has 1 aromatic heterocycles. The van der Waals surface area contributed by atoms with Crippen LogP contribution in [0.1, 0.15) is 26.6 Å². The number of nitrogens with zero attached hydrogens (tertiary/aromatic N) is 4. The van der Waals surface area contributed by atoms with Crippen molar-refractivity contribution < 1.29 is 14.6 Å². The summed E-state index contributed by atoms with van der Waals surface area (Å²) >= 11 is 0. The maximum atomic E-state index is 12.1. The second kappa shape index (κ2) is 7.33. The molecule has 140 valence electrons. The van der Waals surface area contributed by atoms with Crippen LogP contribution in [0.2, 0.25) is 0 Å². The summed E-state index contributed by atoms with van der Waals surface area (Å²) in [6, 6.07) is 6.78. The minimum absolute atomic E-state index is 0.215. The summed E-state index contributed by atoms with van der Waals surface area (Å²) in [7, 11) is 0. The minimum atomic E-state index is -0.474. The maximum Gasteiger partial charge on any atom is 0.410 e. The molecule has 1 aliphatic rings. The van der Waals surface area contributed by atoms with E-state index in [1.165, 1.54) is 0 Å². The zero-order valence-electron chi connectivity index (χ0n) is 15.4. The highest BCUT2D eigenvalue weighted by atomic mass is 16.6. The zero-order chi connectivity index (χ0) is 18.7. The van der Waals surface area contributed by atoms with Gasteiger partial charge in [-0.25, -0.2) is 9.78 Å². The number of carbonyl (C=O) groups excluding carboxylic acids is 1. The van der Waals surface area contributed by atoms with E-state index in [0.717, 1.165) is 24.5 Å². The lowest BCUT2D eigenvalue weighted by atomic mass is 10.2.